The van der Waals surface area contributed by atoms with Crippen LogP contribution in [0, 0.1) is 25.1 Å². The largest absolute Gasteiger partial charge is 0.481 e. The number of carbonyl (C=O) groups excluding carboxylic acids is 1. The number of benzene rings is 1. The Labute approximate surface area is 175 Å². The van der Waals surface area contributed by atoms with Crippen LogP contribution in [0.4, 0.5) is 4.39 Å². The van der Waals surface area contributed by atoms with Gasteiger partial charge in [-0.25, -0.2) is 9.07 Å². The van der Waals surface area contributed by atoms with Crippen molar-refractivity contribution in [1.82, 2.24) is 15.1 Å². The van der Waals surface area contributed by atoms with E-state index in [4.69, 9.17) is 5.11 Å². The second kappa shape index (κ2) is 8.42. The average molecular weight is 413 g/mol. The topological polar surface area (TPSA) is 84.2 Å². The molecule has 1 aromatic carbocycles. The molecule has 1 heterocycles. The number of aryl methyl sites for hydroxylation is 1. The van der Waals surface area contributed by atoms with Crippen LogP contribution in [0.3, 0.4) is 0 Å². The van der Waals surface area contributed by atoms with Gasteiger partial charge in [-0.1, -0.05) is 26.0 Å². The zero-order valence-electron chi connectivity index (χ0n) is 17.8. The highest BCUT2D eigenvalue weighted by atomic mass is 19.1. The quantitative estimate of drug-likeness (QED) is 0.671. The van der Waals surface area contributed by atoms with Crippen molar-refractivity contribution in [2.45, 2.75) is 58.9 Å². The van der Waals surface area contributed by atoms with Crippen LogP contribution in [0.25, 0.3) is 5.69 Å². The van der Waals surface area contributed by atoms with Gasteiger partial charge in [0.2, 0.25) is 5.91 Å². The van der Waals surface area contributed by atoms with Crippen LogP contribution >= 0.6 is 0 Å². The number of nitrogens with zero attached hydrogens (tertiary/aromatic N) is 2. The number of carboxylic acid groups (broad SMARTS) is 1. The van der Waals surface area contributed by atoms with E-state index in [1.807, 2.05) is 24.6 Å². The Morgan fingerprint density at radius 1 is 1.20 bits per heavy atom. The molecule has 3 rings (SSSR count). The number of aromatic nitrogens is 2. The zero-order chi connectivity index (χ0) is 22.1. The highest BCUT2D eigenvalue weighted by molar-refractivity contribution is 5.78. The number of nitrogens with one attached hydrogen (secondary N) is 1. The van der Waals surface area contributed by atoms with Crippen molar-refractivity contribution in [2.75, 3.05) is 0 Å². The number of aliphatic carboxylic acids is 1. The maximum Gasteiger partial charge on any atom is 0.303 e. The minimum atomic E-state index is -0.905. The van der Waals surface area contributed by atoms with Crippen molar-refractivity contribution in [3.63, 3.8) is 0 Å². The Balaban J connectivity index is 1.67. The van der Waals surface area contributed by atoms with Crippen molar-refractivity contribution in [1.29, 1.82) is 0 Å². The van der Waals surface area contributed by atoms with Gasteiger partial charge in [-0.2, -0.15) is 5.10 Å². The summed E-state index contributed by atoms with van der Waals surface area (Å²) >= 11 is 0. The first kappa shape index (κ1) is 21.7. The van der Waals surface area contributed by atoms with E-state index in [2.05, 4.69) is 16.5 Å². The van der Waals surface area contributed by atoms with Crippen molar-refractivity contribution < 1.29 is 19.1 Å². The number of carbonyl (C=O) groups is 2. The molecule has 0 unspecified atom stereocenters. The number of hydrogen-bond donors (Lipinski definition) is 2. The molecule has 0 bridgehead atoms. The average Bonchev–Trinajstić information content (AvgIpc) is 3.17. The van der Waals surface area contributed by atoms with Crippen LogP contribution in [0.2, 0.25) is 0 Å². The van der Waals surface area contributed by atoms with Gasteiger partial charge >= 0.3 is 5.97 Å². The second-order valence-electron chi connectivity index (χ2n) is 8.79. The lowest BCUT2D eigenvalue weighted by Gasteiger charge is -2.23. The van der Waals surface area contributed by atoms with E-state index in [1.54, 1.807) is 26.0 Å². The van der Waals surface area contributed by atoms with E-state index in [1.165, 1.54) is 12.1 Å². The van der Waals surface area contributed by atoms with Crippen LogP contribution < -0.4 is 5.32 Å². The second-order valence-corrected chi connectivity index (χ2v) is 8.79. The molecule has 2 N–H and O–H groups in total. The Morgan fingerprint density at radius 2 is 1.87 bits per heavy atom. The molecule has 1 aliphatic carbocycles. The molecule has 0 spiro atoms. The summed E-state index contributed by atoms with van der Waals surface area (Å²) in [7, 11) is 0. The molecule has 30 heavy (non-hydrogen) atoms. The van der Waals surface area contributed by atoms with Crippen LogP contribution in [0.15, 0.2) is 36.4 Å². The molecule has 1 aromatic heterocycles. The van der Waals surface area contributed by atoms with Gasteiger partial charge in [0.25, 0.3) is 0 Å². The molecule has 6 nitrogen and oxygen atoms in total. The smallest absolute Gasteiger partial charge is 0.303 e. The number of allylic oxidation sites excluding steroid dienone is 1. The molecular formula is C23H28FN3O3. The van der Waals surface area contributed by atoms with Gasteiger partial charge in [0.15, 0.2) is 0 Å². The first-order valence-electron chi connectivity index (χ1n) is 10.1. The Bertz CT molecular complexity index is 976. The van der Waals surface area contributed by atoms with Gasteiger partial charge < -0.3 is 10.4 Å². The summed E-state index contributed by atoms with van der Waals surface area (Å²) in [5.41, 5.74) is 3.21. The summed E-state index contributed by atoms with van der Waals surface area (Å²) in [5.74, 6) is -1.22. The summed E-state index contributed by atoms with van der Waals surface area (Å²) < 4.78 is 15.1. The highest BCUT2D eigenvalue weighted by Crippen LogP contribution is 2.34. The SMILES string of the molecule is Cc1nn(-c2ccc(F)cc2)c(C)c1[C@H]1C=C[C@@H](NC(=O)CC(C)(C)CC(=O)O)C1. The van der Waals surface area contributed by atoms with Gasteiger partial charge in [-0.05, 0) is 49.9 Å². The van der Waals surface area contributed by atoms with Crippen molar-refractivity contribution in [3.8, 4) is 5.69 Å². The predicted molar refractivity (Wildman–Crippen MR) is 112 cm³/mol. The fourth-order valence-electron chi connectivity index (χ4n) is 4.21. The number of amides is 1. The molecule has 0 aliphatic heterocycles. The number of hydrogen-bond acceptors (Lipinski definition) is 3. The third-order valence-corrected chi connectivity index (χ3v) is 5.49. The lowest BCUT2D eigenvalue weighted by atomic mass is 9.85. The summed E-state index contributed by atoms with van der Waals surface area (Å²) in [5, 5.41) is 16.6. The first-order chi connectivity index (χ1) is 14.1. The van der Waals surface area contributed by atoms with Crippen LogP contribution in [0.1, 0.15) is 56.0 Å². The summed E-state index contributed by atoms with van der Waals surface area (Å²) in [6.07, 6.45) is 4.90. The van der Waals surface area contributed by atoms with E-state index in [0.29, 0.717) is 0 Å². The standard InChI is InChI=1S/C23H28FN3O3/c1-14-22(15(2)27(26-14)19-9-6-17(24)7-10-19)16-5-8-18(11-16)25-20(28)12-23(3,4)13-21(29)30/h5-10,16,18H,11-13H2,1-4H3,(H,25,28)(H,29,30)/t16-,18+/m0/s1. The van der Waals surface area contributed by atoms with Crippen molar-refractivity contribution in [2.24, 2.45) is 5.41 Å². The minimum Gasteiger partial charge on any atom is -0.481 e. The zero-order valence-corrected chi connectivity index (χ0v) is 17.8. The van der Waals surface area contributed by atoms with E-state index < -0.39 is 11.4 Å². The van der Waals surface area contributed by atoms with E-state index in [0.717, 1.165) is 29.1 Å². The van der Waals surface area contributed by atoms with Crippen molar-refractivity contribution in [3.05, 3.63) is 59.2 Å². The van der Waals surface area contributed by atoms with Gasteiger partial charge in [0, 0.05) is 29.6 Å². The lowest BCUT2D eigenvalue weighted by Crippen LogP contribution is -2.36. The first-order valence-corrected chi connectivity index (χ1v) is 10.1. The van der Waals surface area contributed by atoms with E-state index in [-0.39, 0.29) is 36.5 Å². The Kier molecular flexibility index (Phi) is 6.10. The maximum atomic E-state index is 13.2. The molecule has 2 atom stereocenters. The normalized spacial score (nSPS) is 18.6. The Hall–Kier alpha value is -2.96. The van der Waals surface area contributed by atoms with E-state index in [9.17, 15) is 14.0 Å². The molecular weight excluding hydrogens is 385 g/mol. The molecule has 0 fully saturated rings. The molecule has 0 saturated heterocycles. The number of halogens is 1. The van der Waals surface area contributed by atoms with Gasteiger partial charge in [-0.15, -0.1) is 0 Å². The van der Waals surface area contributed by atoms with Crippen LogP contribution in [0.5, 0.6) is 0 Å². The fraction of sp³-hybridized carbons (Fsp3) is 0.435. The van der Waals surface area contributed by atoms with Gasteiger partial charge in [0.05, 0.1) is 17.8 Å². The molecule has 2 aromatic rings. The monoisotopic (exact) mass is 413 g/mol. The summed E-state index contributed by atoms with van der Waals surface area (Å²) in [6.45, 7) is 7.51. The lowest BCUT2D eigenvalue weighted by molar-refractivity contribution is -0.139. The molecule has 160 valence electrons. The molecule has 1 amide bonds. The molecule has 0 radical (unpaired) electrons. The summed E-state index contributed by atoms with van der Waals surface area (Å²) in [4.78, 5) is 23.4. The van der Waals surface area contributed by atoms with Gasteiger partial charge in [0.1, 0.15) is 5.82 Å². The minimum absolute atomic E-state index is 0.0511. The maximum absolute atomic E-state index is 13.2. The van der Waals surface area contributed by atoms with Crippen molar-refractivity contribution >= 4 is 11.9 Å². The Morgan fingerprint density at radius 3 is 2.50 bits per heavy atom. The predicted octanol–water partition coefficient (Wildman–Crippen LogP) is 4.05. The molecule has 0 saturated carbocycles. The van der Waals surface area contributed by atoms with Crippen LogP contribution in [-0.2, 0) is 9.59 Å². The number of carboxylic acids is 1. The molecule has 1 aliphatic rings. The number of rotatable bonds is 7. The van der Waals surface area contributed by atoms with Crippen LogP contribution in [-0.4, -0.2) is 32.8 Å². The fourth-order valence-corrected chi connectivity index (χ4v) is 4.21. The third kappa shape index (κ3) is 4.96. The molecule has 7 heteroatoms. The van der Waals surface area contributed by atoms with E-state index >= 15 is 0 Å². The van der Waals surface area contributed by atoms with Gasteiger partial charge in [-0.3, -0.25) is 9.59 Å². The highest BCUT2D eigenvalue weighted by Gasteiger charge is 2.29. The third-order valence-electron chi connectivity index (χ3n) is 5.49. The summed E-state index contributed by atoms with van der Waals surface area (Å²) in [6, 6.07) is 6.13.